The summed E-state index contributed by atoms with van der Waals surface area (Å²) in [5.74, 6) is -0.298. The normalized spacial score (nSPS) is 20.4. The number of methoxy groups -OCH3 is 1. The van der Waals surface area contributed by atoms with Gasteiger partial charge in [-0.05, 0) is 78.1 Å². The number of hydrogen-bond acceptors (Lipinski definition) is 4. The van der Waals surface area contributed by atoms with E-state index >= 15 is 0 Å². The smallest absolute Gasteiger partial charge is 0.309 e. The van der Waals surface area contributed by atoms with Crippen LogP contribution in [-0.2, 0) is 20.8 Å². The Morgan fingerprint density at radius 2 is 1.50 bits per heavy atom. The van der Waals surface area contributed by atoms with Gasteiger partial charge in [0.1, 0.15) is 0 Å². The van der Waals surface area contributed by atoms with E-state index in [2.05, 4.69) is 29.2 Å². The Morgan fingerprint density at radius 1 is 0.825 bits per heavy atom. The van der Waals surface area contributed by atoms with Gasteiger partial charge in [0.25, 0.3) is 0 Å². The molecule has 5 nitrogen and oxygen atoms in total. The van der Waals surface area contributed by atoms with E-state index in [0.29, 0.717) is 0 Å². The van der Waals surface area contributed by atoms with Gasteiger partial charge in [-0.2, -0.15) is 0 Å². The quantitative estimate of drug-likeness (QED) is 0.277. The maximum absolute atomic E-state index is 14.1. The van der Waals surface area contributed by atoms with Crippen molar-refractivity contribution in [1.82, 2.24) is 0 Å². The van der Waals surface area contributed by atoms with Crippen LogP contribution in [0.1, 0.15) is 69.8 Å². The summed E-state index contributed by atoms with van der Waals surface area (Å²) in [6, 6.07) is 24.4. The minimum absolute atomic E-state index is 0.0288. The molecule has 0 radical (unpaired) electrons. The van der Waals surface area contributed by atoms with Crippen LogP contribution in [0.5, 0.6) is 0 Å². The fourth-order valence-corrected chi connectivity index (χ4v) is 6.37. The molecule has 210 valence electrons. The van der Waals surface area contributed by atoms with E-state index in [9.17, 15) is 11.0 Å². The van der Waals surface area contributed by atoms with E-state index in [1.165, 1.54) is 7.11 Å². The molecule has 2 fully saturated rings. The highest BCUT2D eigenvalue weighted by atomic mass is 16.5. The van der Waals surface area contributed by atoms with Gasteiger partial charge in [-0.1, -0.05) is 74.2 Å². The van der Waals surface area contributed by atoms with E-state index < -0.39 is 6.52 Å². The zero-order valence-corrected chi connectivity index (χ0v) is 24.0. The fourth-order valence-electron chi connectivity index (χ4n) is 6.37. The van der Waals surface area contributed by atoms with Gasteiger partial charge in [-0.3, -0.25) is 9.59 Å². The van der Waals surface area contributed by atoms with Crippen LogP contribution >= 0.6 is 0 Å². The minimum Gasteiger partial charge on any atom is -0.469 e. The Bertz CT molecular complexity index is 1330. The van der Waals surface area contributed by atoms with Crippen LogP contribution in [0.15, 0.2) is 72.8 Å². The van der Waals surface area contributed by atoms with Gasteiger partial charge in [0.2, 0.25) is 5.91 Å². The molecular formula is C35H42N2O3. The van der Waals surface area contributed by atoms with Crippen molar-refractivity contribution in [2.45, 2.75) is 63.8 Å². The molecule has 2 saturated carbocycles. The summed E-state index contributed by atoms with van der Waals surface area (Å²) in [7, 11) is 5.51. The number of anilines is 2. The molecule has 0 bridgehead atoms. The number of nitrogens with zero attached hydrogens (tertiary/aromatic N) is 2. The first-order valence-corrected chi connectivity index (χ1v) is 14.7. The van der Waals surface area contributed by atoms with Gasteiger partial charge in [-0.25, -0.2) is 0 Å². The molecule has 3 unspecified atom stereocenters. The monoisotopic (exact) mass is 539 g/mol. The van der Waals surface area contributed by atoms with Crippen LogP contribution in [0.25, 0.3) is 11.1 Å². The molecule has 0 aliphatic heterocycles. The number of esters is 1. The first-order chi connectivity index (χ1) is 19.9. The van der Waals surface area contributed by atoms with Crippen molar-refractivity contribution in [2.75, 3.05) is 31.0 Å². The summed E-state index contributed by atoms with van der Waals surface area (Å²) in [6.07, 6.45) is 7.72. The number of ether oxygens (including phenoxy) is 1. The molecule has 0 spiro atoms. The first kappa shape index (κ1) is 26.6. The summed E-state index contributed by atoms with van der Waals surface area (Å²) in [4.78, 5) is 30.3. The van der Waals surface area contributed by atoms with Crippen molar-refractivity contribution in [3.05, 3.63) is 83.9 Å². The van der Waals surface area contributed by atoms with Crippen molar-refractivity contribution in [3.8, 4) is 11.1 Å². The summed E-state index contributed by atoms with van der Waals surface area (Å²) >= 11 is 0. The lowest BCUT2D eigenvalue weighted by Crippen LogP contribution is -2.36. The average Bonchev–Trinajstić information content (AvgIpc) is 3.52. The van der Waals surface area contributed by atoms with Gasteiger partial charge in [-0.15, -0.1) is 0 Å². The van der Waals surface area contributed by atoms with Crippen molar-refractivity contribution in [2.24, 2.45) is 11.8 Å². The number of carbonyl (C=O) groups excluding carboxylic acids is 2. The minimum atomic E-state index is -0.871. The highest BCUT2D eigenvalue weighted by Crippen LogP contribution is 2.41. The molecule has 0 N–H and O–H groups in total. The van der Waals surface area contributed by atoms with Crippen molar-refractivity contribution < 1.29 is 15.7 Å². The van der Waals surface area contributed by atoms with E-state index in [1.807, 2.05) is 62.6 Å². The van der Waals surface area contributed by atoms with Gasteiger partial charge >= 0.3 is 5.97 Å². The van der Waals surface area contributed by atoms with Crippen molar-refractivity contribution in [1.29, 1.82) is 0 Å². The van der Waals surface area contributed by atoms with Gasteiger partial charge < -0.3 is 14.5 Å². The Hall–Kier alpha value is -3.60. The number of rotatable bonds is 8. The Kier molecular flexibility index (Phi) is 8.46. The third kappa shape index (κ3) is 6.24. The predicted molar refractivity (Wildman–Crippen MR) is 163 cm³/mol. The number of carbonyl (C=O) groups is 2. The third-order valence-electron chi connectivity index (χ3n) is 8.69. The fraction of sp³-hybridized carbons (Fsp3) is 0.429. The number of benzene rings is 3. The first-order valence-electron chi connectivity index (χ1n) is 15.3. The molecular weight excluding hydrogens is 496 g/mol. The predicted octanol–water partition coefficient (Wildman–Crippen LogP) is 7.59. The van der Waals surface area contributed by atoms with E-state index in [1.54, 1.807) is 4.90 Å². The summed E-state index contributed by atoms with van der Waals surface area (Å²) in [6.45, 7) is -0.871. The Balaban J connectivity index is 1.45. The lowest BCUT2D eigenvalue weighted by Gasteiger charge is -2.30. The average molecular weight is 540 g/mol. The second kappa shape index (κ2) is 12.7. The zero-order valence-electron chi connectivity index (χ0n) is 25.0. The topological polar surface area (TPSA) is 49.9 Å². The van der Waals surface area contributed by atoms with Gasteiger partial charge in [0.05, 0.1) is 20.9 Å². The maximum Gasteiger partial charge on any atom is 0.309 e. The van der Waals surface area contributed by atoms with Crippen LogP contribution in [0.4, 0.5) is 11.4 Å². The Morgan fingerprint density at radius 3 is 2.15 bits per heavy atom. The second-order valence-electron chi connectivity index (χ2n) is 11.5. The molecule has 5 rings (SSSR count). The molecule has 2 aliphatic rings. The molecule has 1 amide bonds. The summed E-state index contributed by atoms with van der Waals surface area (Å²) < 4.78 is 14.4. The number of hydrogen-bond donors (Lipinski definition) is 0. The number of amides is 1. The lowest BCUT2D eigenvalue weighted by molar-refractivity contribution is -0.145. The van der Waals surface area contributed by atoms with Crippen LogP contribution in [0, 0.1) is 11.8 Å². The largest absolute Gasteiger partial charge is 0.469 e. The van der Waals surface area contributed by atoms with Crippen LogP contribution in [0.3, 0.4) is 0 Å². The zero-order chi connectivity index (χ0) is 28.9. The second-order valence-corrected chi connectivity index (χ2v) is 11.5. The van der Waals surface area contributed by atoms with Crippen LogP contribution < -0.4 is 9.80 Å². The van der Waals surface area contributed by atoms with E-state index in [0.717, 1.165) is 85.0 Å². The SMILES string of the molecule is [2H]C(c1ccc(-c2ccc(N(C)C)cc2)cc1)N(C(=O)C1CCCCC1)c1cccc(C2CCCC2C(=O)OC)c1. The molecule has 0 heterocycles. The Labute approximate surface area is 240 Å². The van der Waals surface area contributed by atoms with Crippen molar-refractivity contribution in [3.63, 3.8) is 0 Å². The molecule has 40 heavy (non-hydrogen) atoms. The highest BCUT2D eigenvalue weighted by molar-refractivity contribution is 5.95. The van der Waals surface area contributed by atoms with E-state index in [-0.39, 0.29) is 29.6 Å². The van der Waals surface area contributed by atoms with E-state index in [4.69, 9.17) is 4.74 Å². The summed E-state index contributed by atoms with van der Waals surface area (Å²) in [5.41, 5.74) is 5.89. The van der Waals surface area contributed by atoms with Crippen molar-refractivity contribution >= 4 is 23.3 Å². The summed E-state index contributed by atoms with van der Waals surface area (Å²) in [5, 5.41) is 0. The van der Waals surface area contributed by atoms with Gasteiger partial charge in [0.15, 0.2) is 0 Å². The molecule has 0 saturated heterocycles. The molecule has 3 atom stereocenters. The molecule has 0 aromatic heterocycles. The molecule has 3 aromatic carbocycles. The maximum atomic E-state index is 14.1. The highest BCUT2D eigenvalue weighted by Gasteiger charge is 2.35. The molecule has 5 heteroatoms. The molecule has 3 aromatic rings. The third-order valence-corrected chi connectivity index (χ3v) is 8.69. The lowest BCUT2D eigenvalue weighted by atomic mass is 9.87. The standard InChI is InChI=1S/C35H42N2O3/c1-36(2)30-21-19-27(20-22-30)26-17-15-25(16-18-26)24-37(34(38)28-9-5-4-6-10-28)31-12-7-11-29(23-31)32-13-8-14-33(32)35(39)40-3/h7,11-12,15-23,28,32-33H,4-6,8-10,13-14,24H2,1-3H3/i24D. The molecule has 2 aliphatic carbocycles. The van der Waals surface area contributed by atoms with Gasteiger partial charge in [0, 0.05) is 31.4 Å². The van der Waals surface area contributed by atoms with Crippen LogP contribution in [-0.4, -0.2) is 33.1 Å². The van der Waals surface area contributed by atoms with Crippen LogP contribution in [0.2, 0.25) is 0 Å².